The number of carbonyl (C=O) groups is 2. The van der Waals surface area contributed by atoms with E-state index >= 15 is 0 Å². The molecular formula is C17H22F2N4O2. The highest BCUT2D eigenvalue weighted by Crippen LogP contribution is 2.37. The van der Waals surface area contributed by atoms with Gasteiger partial charge in [0.05, 0.1) is 24.7 Å². The molecule has 0 bridgehead atoms. The number of hydrogen-bond acceptors (Lipinski definition) is 3. The van der Waals surface area contributed by atoms with Gasteiger partial charge in [0.1, 0.15) is 0 Å². The van der Waals surface area contributed by atoms with E-state index in [2.05, 4.69) is 10.4 Å². The summed E-state index contributed by atoms with van der Waals surface area (Å²) in [7, 11) is 0. The van der Waals surface area contributed by atoms with E-state index in [9.17, 15) is 18.4 Å². The molecule has 1 aliphatic heterocycles. The van der Waals surface area contributed by atoms with Crippen LogP contribution in [0.3, 0.4) is 0 Å². The molecule has 2 amide bonds. The first-order valence-electron chi connectivity index (χ1n) is 8.90. The molecule has 0 aromatic carbocycles. The summed E-state index contributed by atoms with van der Waals surface area (Å²) in [6.07, 6.45) is 4.21. The zero-order valence-corrected chi connectivity index (χ0v) is 14.0. The number of alkyl halides is 2. The lowest BCUT2D eigenvalue weighted by Crippen LogP contribution is -2.51. The third kappa shape index (κ3) is 3.26. The van der Waals surface area contributed by atoms with Gasteiger partial charge in [-0.2, -0.15) is 5.10 Å². The molecular weight excluding hydrogens is 330 g/mol. The Labute approximate surface area is 144 Å². The highest BCUT2D eigenvalue weighted by Gasteiger charge is 2.46. The van der Waals surface area contributed by atoms with Crippen LogP contribution in [0.25, 0.3) is 0 Å². The fourth-order valence-corrected chi connectivity index (χ4v) is 3.88. The molecule has 8 heteroatoms. The molecule has 6 nitrogen and oxygen atoms in total. The molecule has 136 valence electrons. The van der Waals surface area contributed by atoms with E-state index < -0.39 is 12.0 Å². The van der Waals surface area contributed by atoms with Gasteiger partial charge in [0, 0.05) is 37.5 Å². The molecule has 1 aromatic rings. The molecule has 2 fully saturated rings. The standard InChI is InChI=1S/C17H22F2N4O2/c18-17(19)7-12(8-17)21-15(24)6-14-10-22(16(25)11-2-1-3-11)9-13-4-5-20-23(13)14/h4-5,11-12,14H,1-3,6-10H2,(H,21,24). The number of nitrogens with zero attached hydrogens (tertiary/aromatic N) is 3. The van der Waals surface area contributed by atoms with Gasteiger partial charge in [0.2, 0.25) is 11.8 Å². The van der Waals surface area contributed by atoms with Gasteiger partial charge in [-0.1, -0.05) is 6.42 Å². The Morgan fingerprint density at radius 2 is 2.08 bits per heavy atom. The molecule has 0 spiro atoms. The topological polar surface area (TPSA) is 67.2 Å². The number of halogens is 2. The van der Waals surface area contributed by atoms with Crippen LogP contribution in [0.2, 0.25) is 0 Å². The number of hydrogen-bond donors (Lipinski definition) is 1. The zero-order valence-electron chi connectivity index (χ0n) is 14.0. The summed E-state index contributed by atoms with van der Waals surface area (Å²) in [5.74, 6) is -2.64. The van der Waals surface area contributed by atoms with Crippen molar-refractivity contribution < 1.29 is 18.4 Å². The average Bonchev–Trinajstić information content (AvgIpc) is 2.91. The highest BCUT2D eigenvalue weighted by molar-refractivity contribution is 5.80. The predicted molar refractivity (Wildman–Crippen MR) is 84.8 cm³/mol. The minimum atomic E-state index is -2.65. The van der Waals surface area contributed by atoms with Gasteiger partial charge in [-0.25, -0.2) is 8.78 Å². The first-order chi connectivity index (χ1) is 11.9. The largest absolute Gasteiger partial charge is 0.353 e. The Balaban J connectivity index is 1.39. The van der Waals surface area contributed by atoms with Crippen molar-refractivity contribution in [2.24, 2.45) is 5.92 Å². The molecule has 1 unspecified atom stereocenters. The van der Waals surface area contributed by atoms with Gasteiger partial charge in [-0.05, 0) is 18.9 Å². The van der Waals surface area contributed by atoms with Crippen molar-refractivity contribution in [2.75, 3.05) is 6.54 Å². The number of rotatable bonds is 4. The van der Waals surface area contributed by atoms with Crippen molar-refractivity contribution in [1.82, 2.24) is 20.0 Å². The van der Waals surface area contributed by atoms with Crippen molar-refractivity contribution in [2.45, 2.75) is 63.1 Å². The van der Waals surface area contributed by atoms with Crippen LogP contribution >= 0.6 is 0 Å². The lowest BCUT2D eigenvalue weighted by molar-refractivity contribution is -0.141. The second kappa shape index (κ2) is 6.07. The van der Waals surface area contributed by atoms with Gasteiger partial charge in [-0.15, -0.1) is 0 Å². The van der Waals surface area contributed by atoms with E-state index in [0.717, 1.165) is 25.0 Å². The van der Waals surface area contributed by atoms with Gasteiger partial charge in [0.25, 0.3) is 5.92 Å². The molecule has 1 atom stereocenters. The number of amides is 2. The van der Waals surface area contributed by atoms with Gasteiger partial charge < -0.3 is 10.2 Å². The van der Waals surface area contributed by atoms with Crippen LogP contribution in [0.15, 0.2) is 12.3 Å². The monoisotopic (exact) mass is 352 g/mol. The lowest BCUT2D eigenvalue weighted by Gasteiger charge is -2.38. The minimum absolute atomic E-state index is 0.112. The summed E-state index contributed by atoms with van der Waals surface area (Å²) in [4.78, 5) is 26.6. The van der Waals surface area contributed by atoms with Crippen molar-refractivity contribution in [3.63, 3.8) is 0 Å². The number of aromatic nitrogens is 2. The van der Waals surface area contributed by atoms with Gasteiger partial charge in [-0.3, -0.25) is 14.3 Å². The van der Waals surface area contributed by atoms with Gasteiger partial charge in [0.15, 0.2) is 0 Å². The van der Waals surface area contributed by atoms with Crippen LogP contribution in [0, 0.1) is 5.92 Å². The number of nitrogens with one attached hydrogen (secondary N) is 1. The Hall–Kier alpha value is -1.99. The van der Waals surface area contributed by atoms with Crippen LogP contribution in [0.1, 0.15) is 50.3 Å². The van der Waals surface area contributed by atoms with Crippen LogP contribution < -0.4 is 5.32 Å². The second-order valence-electron chi connectivity index (χ2n) is 7.50. The summed E-state index contributed by atoms with van der Waals surface area (Å²) in [6, 6.07) is 1.16. The van der Waals surface area contributed by atoms with Crippen LogP contribution in [-0.4, -0.2) is 45.0 Å². The number of fused-ring (bicyclic) bond motifs is 1. The van der Waals surface area contributed by atoms with Crippen molar-refractivity contribution in [3.8, 4) is 0 Å². The Kier molecular flexibility index (Phi) is 4.00. The molecule has 1 N–H and O–H groups in total. The first kappa shape index (κ1) is 16.5. The third-order valence-corrected chi connectivity index (χ3v) is 5.52. The van der Waals surface area contributed by atoms with Crippen molar-refractivity contribution in [1.29, 1.82) is 0 Å². The maximum atomic E-state index is 12.9. The minimum Gasteiger partial charge on any atom is -0.353 e. The molecule has 2 saturated carbocycles. The smallest absolute Gasteiger partial charge is 0.252 e. The average molecular weight is 352 g/mol. The molecule has 4 rings (SSSR count). The van der Waals surface area contributed by atoms with Crippen LogP contribution in [-0.2, 0) is 16.1 Å². The van der Waals surface area contributed by atoms with Crippen molar-refractivity contribution >= 4 is 11.8 Å². The maximum absolute atomic E-state index is 12.9. The van der Waals surface area contributed by atoms with E-state index in [-0.39, 0.29) is 43.0 Å². The Morgan fingerprint density at radius 1 is 1.32 bits per heavy atom. The van der Waals surface area contributed by atoms with E-state index in [1.54, 1.807) is 10.9 Å². The summed E-state index contributed by atoms with van der Waals surface area (Å²) in [5.41, 5.74) is 0.909. The summed E-state index contributed by atoms with van der Waals surface area (Å²) < 4.78 is 27.6. The third-order valence-electron chi connectivity index (χ3n) is 5.52. The first-order valence-corrected chi connectivity index (χ1v) is 8.90. The normalized spacial score (nSPS) is 25.7. The molecule has 2 heterocycles. The molecule has 25 heavy (non-hydrogen) atoms. The molecule has 1 aromatic heterocycles. The Morgan fingerprint density at radius 3 is 2.72 bits per heavy atom. The van der Waals surface area contributed by atoms with E-state index in [1.807, 2.05) is 11.0 Å². The molecule has 2 aliphatic carbocycles. The lowest BCUT2D eigenvalue weighted by atomic mass is 9.84. The second-order valence-corrected chi connectivity index (χ2v) is 7.50. The molecule has 0 saturated heterocycles. The van der Waals surface area contributed by atoms with E-state index in [4.69, 9.17) is 0 Å². The fraction of sp³-hybridized carbons (Fsp3) is 0.706. The summed E-state index contributed by atoms with van der Waals surface area (Å²) in [6.45, 7) is 0.959. The summed E-state index contributed by atoms with van der Waals surface area (Å²) >= 11 is 0. The van der Waals surface area contributed by atoms with E-state index in [1.165, 1.54) is 0 Å². The zero-order chi connectivity index (χ0) is 17.6. The van der Waals surface area contributed by atoms with Crippen LogP contribution in [0.4, 0.5) is 8.78 Å². The number of carbonyl (C=O) groups excluding carboxylic acids is 2. The fourth-order valence-electron chi connectivity index (χ4n) is 3.88. The SMILES string of the molecule is O=C(CC1CN(C(=O)C2CCC2)Cc2ccnn21)NC1CC(F)(F)C1. The quantitative estimate of drug-likeness (QED) is 0.900. The van der Waals surface area contributed by atoms with Crippen LogP contribution in [0.5, 0.6) is 0 Å². The Bertz CT molecular complexity index is 678. The molecule has 3 aliphatic rings. The molecule has 0 radical (unpaired) electrons. The summed E-state index contributed by atoms with van der Waals surface area (Å²) in [5, 5.41) is 6.95. The maximum Gasteiger partial charge on any atom is 0.252 e. The van der Waals surface area contributed by atoms with E-state index in [0.29, 0.717) is 13.1 Å². The predicted octanol–water partition coefficient (Wildman–Crippen LogP) is 1.87. The highest BCUT2D eigenvalue weighted by atomic mass is 19.3. The van der Waals surface area contributed by atoms with Crippen molar-refractivity contribution in [3.05, 3.63) is 18.0 Å². The van der Waals surface area contributed by atoms with Gasteiger partial charge >= 0.3 is 0 Å².